The number of thioether (sulfide) groups is 1. The molecule has 2 aromatic heterocycles. The maximum atomic E-state index is 15.2. The molecule has 0 unspecified atom stereocenters. The zero-order valence-corrected chi connectivity index (χ0v) is 71.8. The number of carbonyl (C=O) groups excluding carboxylic acids is 14. The summed E-state index contributed by atoms with van der Waals surface area (Å²) < 4.78 is 0. The quantitative estimate of drug-likeness (QED) is 0.0188. The molecule has 13 atom stereocenters. The van der Waals surface area contributed by atoms with Crippen LogP contribution in [0.3, 0.4) is 0 Å². The Morgan fingerprint density at radius 1 is 0.492 bits per heavy atom. The van der Waals surface area contributed by atoms with Crippen LogP contribution >= 0.6 is 11.8 Å². The summed E-state index contributed by atoms with van der Waals surface area (Å²) in [5.41, 5.74) is 20.7. The number of carboxylic acids is 1. The van der Waals surface area contributed by atoms with Crippen molar-refractivity contribution >= 4 is 139 Å². The number of carbonyl (C=O) groups is 15. The van der Waals surface area contributed by atoms with Crippen molar-refractivity contribution < 1.29 is 87.2 Å². The minimum Gasteiger partial charge on any atom is -0.508 e. The van der Waals surface area contributed by atoms with E-state index in [2.05, 4.69) is 84.4 Å². The number of benzene rings is 5. The lowest BCUT2D eigenvalue weighted by molar-refractivity contribution is -0.141. The normalized spacial score (nSPS) is 22.7. The van der Waals surface area contributed by atoms with E-state index in [9.17, 15) is 58.5 Å². The Labute approximate surface area is 731 Å². The summed E-state index contributed by atoms with van der Waals surface area (Å²) in [5, 5.41) is 78.4. The second kappa shape index (κ2) is 48.8. The summed E-state index contributed by atoms with van der Waals surface area (Å²) in [5.74, 6) is -18.3. The largest absolute Gasteiger partial charge is 0.508 e. The van der Waals surface area contributed by atoms with Crippen molar-refractivity contribution in [3.63, 3.8) is 0 Å². The van der Waals surface area contributed by atoms with Crippen molar-refractivity contribution in [1.82, 2.24) is 84.4 Å². The number of hydrogen-bond donors (Lipinski definition) is 23. The van der Waals surface area contributed by atoms with Crippen molar-refractivity contribution in [2.75, 3.05) is 37.7 Å². The van der Waals surface area contributed by atoms with E-state index in [0.29, 0.717) is 63.3 Å². The Kier molecular flexibility index (Phi) is 38.0. The highest BCUT2D eigenvalue weighted by molar-refractivity contribution is 8.00. The summed E-state index contributed by atoms with van der Waals surface area (Å²) in [6.45, 7) is 6.42. The Morgan fingerprint density at radius 3 is 1.50 bits per heavy atom. The average Bonchev–Trinajstić information content (AvgIpc) is 1.63. The molecule has 0 aliphatic carbocycles. The van der Waals surface area contributed by atoms with E-state index in [-0.39, 0.29) is 88.8 Å². The van der Waals surface area contributed by atoms with Gasteiger partial charge in [0, 0.05) is 72.2 Å². The first-order valence-corrected chi connectivity index (χ1v) is 43.2. The third-order valence-electron chi connectivity index (χ3n) is 21.5. The van der Waals surface area contributed by atoms with E-state index in [1.807, 2.05) is 25.1 Å². The van der Waals surface area contributed by atoms with Crippen LogP contribution in [0.15, 0.2) is 128 Å². The number of rotatable bonds is 26. The van der Waals surface area contributed by atoms with Crippen LogP contribution in [0, 0.1) is 17.2 Å². The Balaban J connectivity index is 1.17. The Hall–Kier alpha value is -13.2. The number of carboxylic acid groups (broad SMARTS) is 1. The van der Waals surface area contributed by atoms with Gasteiger partial charge in [-0.3, -0.25) is 77.3 Å². The number of primary amides is 1. The number of aliphatic carboxylic acids is 1. The number of para-hydroxylation sites is 2. The Bertz CT molecular complexity index is 5010. The number of nitrogens with two attached hydrogens (primary N) is 3. The van der Waals surface area contributed by atoms with E-state index in [1.54, 1.807) is 113 Å². The standard InChI is InChI=1S/C87H116N20O18S/c1-6-8-22-61-78(117)98-62(25-15-16-33-88)79(118)101-66(39-54-42-94-59-24-14-12-21-57(54)59)84(123)106-73(47(3)4)85(124)105-69(75(89)114)45-126-46-71(111)97-63(36-49-28-31-55(109)32-29-49)80(119)100-64(37-50-27-30-51-18-9-10-19-52(51)35-50)83(122)107-74(48(5)7-2)86(125)104-68(44-108)76(115)95-43-70(110)96-60(26-17-34-92-87(90)91)77(116)103-67(40-72(112)113)82(121)102-65(81(120)99-61)38-53-41-93-58-23-13-11-20-56(53)58/h9-14,18-21,23-24,27-32,35,41-42,47-48,60-69,73-74,93-94,108-109H,6-8,15-17,22,25-26,33-34,36-40,43-46,88H2,1-5H3,(H2,89,114)(H,95,115)(H,96,110)(H,97,111)(H,98,117)(H,99,120)(H,100,119)(H,101,118)(H,102,121)(H,103,116)(H,104,125)(H,105,124)(H,106,123)(H,107,122)(H,112,113)(H4,90,91,92)/t48-,60-,61-,62+,63-,64-,65-,66-,67-,68-,69-,73-,74+/m0/s1. The molecule has 14 amide bonds. The molecule has 26 N–H and O–H groups in total. The van der Waals surface area contributed by atoms with Crippen LogP contribution in [0.4, 0.5) is 0 Å². The van der Waals surface area contributed by atoms with E-state index in [4.69, 9.17) is 22.6 Å². The van der Waals surface area contributed by atoms with Gasteiger partial charge < -0.3 is 117 Å². The molecule has 7 aromatic rings. The average molecular weight is 1760 g/mol. The fraction of sp³-hybridized carbons (Fsp3) is 0.448. The SMILES string of the molecule is CCCC[C@@H]1NC(=O)[C@H](Cc2c[nH]c3ccccc23)NC(=O)[C@H](CC(=O)O)NC(=O)[C@H](CCCNC(=N)N)NC(=O)CNC(=O)[C@H](CO)NC(=O)[C@@H]([C@@H](C)CC)NC(=O)[C@H](Cc2ccc3ccccc3c2)NC(=O)[C@H](Cc2ccc(O)cc2)NC(=O)CSC[C@@H](C(N)=O)NC(=O)[C@H](C(C)C)NC(=O)[C@H](Cc2c[nH]c3ccccc23)NC(=O)[C@@H](CCCCN)NC1=O. The van der Waals surface area contributed by atoms with Crippen LogP contribution in [0.5, 0.6) is 5.75 Å². The maximum Gasteiger partial charge on any atom is 0.305 e. The first-order valence-electron chi connectivity index (χ1n) is 42.0. The minimum atomic E-state index is -2.01. The van der Waals surface area contributed by atoms with Crippen molar-refractivity contribution in [1.29, 1.82) is 5.41 Å². The van der Waals surface area contributed by atoms with Gasteiger partial charge in [0.2, 0.25) is 82.7 Å². The number of aliphatic hydroxyl groups is 1. The van der Waals surface area contributed by atoms with Gasteiger partial charge in [-0.1, -0.05) is 145 Å². The van der Waals surface area contributed by atoms with Gasteiger partial charge in [-0.15, -0.1) is 11.8 Å². The molecule has 126 heavy (non-hydrogen) atoms. The topological polar surface area (TPSA) is 619 Å². The van der Waals surface area contributed by atoms with E-state index in [1.165, 1.54) is 24.3 Å². The molecule has 1 saturated heterocycles. The third-order valence-corrected chi connectivity index (χ3v) is 22.6. The molecule has 3 heterocycles. The number of aliphatic hydroxyl groups excluding tert-OH is 1. The van der Waals surface area contributed by atoms with Gasteiger partial charge in [0.15, 0.2) is 5.96 Å². The Morgan fingerprint density at radius 2 is 0.952 bits per heavy atom. The van der Waals surface area contributed by atoms with Gasteiger partial charge in [0.05, 0.1) is 25.3 Å². The number of unbranched alkanes of at least 4 members (excludes halogenated alkanes) is 2. The molecule has 1 aliphatic heterocycles. The van der Waals surface area contributed by atoms with Gasteiger partial charge in [-0.05, 0) is 114 Å². The van der Waals surface area contributed by atoms with E-state index < -0.39 is 204 Å². The highest BCUT2D eigenvalue weighted by atomic mass is 32.2. The lowest BCUT2D eigenvalue weighted by Crippen LogP contribution is -2.61. The number of amides is 14. The molecule has 38 nitrogen and oxygen atoms in total. The fourth-order valence-electron chi connectivity index (χ4n) is 14.3. The summed E-state index contributed by atoms with van der Waals surface area (Å²) in [7, 11) is 0. The van der Waals surface area contributed by atoms with E-state index in [0.717, 1.165) is 22.5 Å². The smallest absolute Gasteiger partial charge is 0.305 e. The monoisotopic (exact) mass is 1760 g/mol. The second-order valence-corrected chi connectivity index (χ2v) is 32.6. The van der Waals surface area contributed by atoms with Crippen LogP contribution in [0.25, 0.3) is 32.6 Å². The summed E-state index contributed by atoms with van der Waals surface area (Å²) in [6.07, 6.45) is 2.27. The number of nitrogens with one attached hydrogen (secondary N) is 17. The number of aromatic hydroxyl groups is 1. The van der Waals surface area contributed by atoms with Gasteiger partial charge in [-0.25, -0.2) is 0 Å². The summed E-state index contributed by atoms with van der Waals surface area (Å²) in [4.78, 5) is 224. The highest BCUT2D eigenvalue weighted by Gasteiger charge is 2.39. The number of aromatic nitrogens is 2. The van der Waals surface area contributed by atoms with Crippen LogP contribution in [-0.4, -0.2) is 230 Å². The molecular formula is C87H116N20O18S. The predicted octanol–water partition coefficient (Wildman–Crippen LogP) is -0.304. The number of aromatic amines is 2. The first-order chi connectivity index (χ1) is 60.3. The number of H-pyrrole nitrogens is 2. The predicted molar refractivity (Wildman–Crippen MR) is 471 cm³/mol. The van der Waals surface area contributed by atoms with Crippen LogP contribution in [0.1, 0.15) is 121 Å². The van der Waals surface area contributed by atoms with Gasteiger partial charge in [0.25, 0.3) is 0 Å². The number of phenolic OH excluding ortho intramolecular Hbond substituents is 1. The fourth-order valence-corrected chi connectivity index (χ4v) is 15.2. The van der Waals surface area contributed by atoms with Crippen molar-refractivity contribution in [2.24, 2.45) is 29.0 Å². The number of phenols is 1. The lowest BCUT2D eigenvalue weighted by atomic mass is 9.96. The minimum absolute atomic E-state index is 0.0212. The number of fused-ring (bicyclic) bond motifs is 3. The van der Waals surface area contributed by atoms with Crippen molar-refractivity contribution in [2.45, 2.75) is 197 Å². The molecule has 1 fully saturated rings. The second-order valence-electron chi connectivity index (χ2n) is 31.5. The zero-order chi connectivity index (χ0) is 91.7. The molecular weight excluding hydrogens is 1650 g/mol. The molecule has 0 bridgehead atoms. The maximum absolute atomic E-state index is 15.2. The summed E-state index contributed by atoms with van der Waals surface area (Å²) in [6, 6.07) is 13.3. The number of hydrogen-bond acceptors (Lipinski definition) is 20. The van der Waals surface area contributed by atoms with E-state index >= 15 is 28.8 Å². The summed E-state index contributed by atoms with van der Waals surface area (Å²) >= 11 is 0.829. The van der Waals surface area contributed by atoms with Gasteiger partial charge in [0.1, 0.15) is 78.3 Å². The molecule has 1 aliphatic rings. The van der Waals surface area contributed by atoms with Crippen molar-refractivity contribution in [3.05, 3.63) is 150 Å². The highest BCUT2D eigenvalue weighted by Crippen LogP contribution is 2.24. The molecule has 678 valence electrons. The molecule has 0 radical (unpaired) electrons. The van der Waals surface area contributed by atoms with Gasteiger partial charge in [-0.2, -0.15) is 0 Å². The molecule has 0 saturated carbocycles. The zero-order valence-electron chi connectivity index (χ0n) is 71.0. The van der Waals surface area contributed by atoms with Crippen LogP contribution in [-0.2, 0) is 97.6 Å². The van der Waals surface area contributed by atoms with Crippen LogP contribution < -0.4 is 91.6 Å². The first kappa shape index (κ1) is 98.3. The molecule has 8 rings (SSSR count). The molecule has 0 spiro atoms. The lowest BCUT2D eigenvalue weighted by Gasteiger charge is -2.29. The number of guanidine groups is 1. The molecule has 39 heteroatoms. The van der Waals surface area contributed by atoms with Crippen LogP contribution in [0.2, 0.25) is 0 Å². The van der Waals surface area contributed by atoms with Gasteiger partial charge >= 0.3 is 5.97 Å². The van der Waals surface area contributed by atoms with Crippen molar-refractivity contribution in [3.8, 4) is 5.75 Å². The third kappa shape index (κ3) is 29.8. The molecule has 5 aromatic carbocycles.